The molecule has 2 amide bonds. The molecule has 148 valence electrons. The van der Waals surface area contributed by atoms with Crippen molar-refractivity contribution in [3.63, 3.8) is 0 Å². The van der Waals surface area contributed by atoms with Crippen LogP contribution in [0.1, 0.15) is 32.8 Å². The standard InChI is InChI=1S/C20H28N2O5/c1-13(2)11-16(19(24)26-5)21-18(23)17(14(3)4)22-20(25)27-12-15-9-7-6-8-10-15/h6-10,14,16-17H,1,11-12H2,2-5H3,(H,21,23)(H,22,25)/t16-,17-/m0/s1. The number of carbonyl (C=O) groups excluding carboxylic acids is 3. The number of nitrogens with one attached hydrogen (secondary N) is 2. The van der Waals surface area contributed by atoms with Crippen molar-refractivity contribution >= 4 is 18.0 Å². The van der Waals surface area contributed by atoms with E-state index in [1.165, 1.54) is 7.11 Å². The zero-order valence-corrected chi connectivity index (χ0v) is 16.3. The number of esters is 1. The normalized spacial score (nSPS) is 12.6. The zero-order valence-electron chi connectivity index (χ0n) is 16.3. The highest BCUT2D eigenvalue weighted by molar-refractivity contribution is 5.89. The summed E-state index contributed by atoms with van der Waals surface area (Å²) in [6.45, 7) is 9.17. The van der Waals surface area contributed by atoms with Crippen LogP contribution in [0.3, 0.4) is 0 Å². The minimum atomic E-state index is -0.858. The summed E-state index contributed by atoms with van der Waals surface area (Å²) in [7, 11) is 1.25. The second kappa shape index (κ2) is 11.0. The van der Waals surface area contributed by atoms with E-state index in [0.29, 0.717) is 0 Å². The van der Waals surface area contributed by atoms with Gasteiger partial charge >= 0.3 is 12.1 Å². The minimum Gasteiger partial charge on any atom is -0.467 e. The molecule has 0 aliphatic carbocycles. The maximum Gasteiger partial charge on any atom is 0.408 e. The fourth-order valence-corrected chi connectivity index (χ4v) is 2.37. The molecular formula is C20H28N2O5. The first kappa shape index (κ1) is 22.2. The van der Waals surface area contributed by atoms with E-state index in [2.05, 4.69) is 17.2 Å². The molecule has 1 aromatic carbocycles. The second-order valence-corrected chi connectivity index (χ2v) is 6.67. The van der Waals surface area contributed by atoms with Gasteiger partial charge in [-0.25, -0.2) is 9.59 Å². The van der Waals surface area contributed by atoms with Crippen LogP contribution in [-0.2, 0) is 25.7 Å². The van der Waals surface area contributed by atoms with Gasteiger partial charge in [-0.1, -0.05) is 49.8 Å². The molecule has 0 heterocycles. The Morgan fingerprint density at radius 3 is 2.26 bits per heavy atom. The summed E-state index contributed by atoms with van der Waals surface area (Å²) < 4.78 is 9.88. The number of amides is 2. The van der Waals surface area contributed by atoms with Crippen molar-refractivity contribution < 1.29 is 23.9 Å². The molecule has 0 saturated heterocycles. The molecule has 7 nitrogen and oxygen atoms in total. The number of alkyl carbamates (subject to hydrolysis) is 1. The highest BCUT2D eigenvalue weighted by Crippen LogP contribution is 2.08. The molecule has 0 aliphatic heterocycles. The molecule has 0 saturated carbocycles. The minimum absolute atomic E-state index is 0.0968. The lowest BCUT2D eigenvalue weighted by Crippen LogP contribution is -2.54. The topological polar surface area (TPSA) is 93.7 Å². The SMILES string of the molecule is C=C(C)C[C@H](NC(=O)[C@@H](NC(=O)OCc1ccccc1)C(C)C)C(=O)OC. The lowest BCUT2D eigenvalue weighted by atomic mass is 10.0. The predicted molar refractivity (Wildman–Crippen MR) is 102 cm³/mol. The van der Waals surface area contributed by atoms with E-state index in [0.717, 1.165) is 11.1 Å². The van der Waals surface area contributed by atoms with Gasteiger partial charge in [-0.05, 0) is 24.8 Å². The van der Waals surface area contributed by atoms with Crippen LogP contribution in [0.4, 0.5) is 4.79 Å². The van der Waals surface area contributed by atoms with Crippen LogP contribution >= 0.6 is 0 Å². The third-order valence-electron chi connectivity index (χ3n) is 3.79. The van der Waals surface area contributed by atoms with Gasteiger partial charge in [0, 0.05) is 0 Å². The van der Waals surface area contributed by atoms with Crippen molar-refractivity contribution in [2.75, 3.05) is 7.11 Å². The summed E-state index contributed by atoms with van der Waals surface area (Å²) in [4.78, 5) is 36.5. The molecule has 1 aromatic rings. The lowest BCUT2D eigenvalue weighted by Gasteiger charge is -2.24. The molecule has 0 bridgehead atoms. The molecule has 0 aromatic heterocycles. The van der Waals surface area contributed by atoms with Crippen LogP contribution in [0.25, 0.3) is 0 Å². The molecule has 2 N–H and O–H groups in total. The fourth-order valence-electron chi connectivity index (χ4n) is 2.37. The van der Waals surface area contributed by atoms with E-state index >= 15 is 0 Å². The number of benzene rings is 1. The van der Waals surface area contributed by atoms with Crippen molar-refractivity contribution in [1.82, 2.24) is 10.6 Å². The molecule has 0 aliphatic rings. The average molecular weight is 376 g/mol. The molecule has 0 radical (unpaired) electrons. The molecule has 0 fully saturated rings. The first-order valence-electron chi connectivity index (χ1n) is 8.74. The summed E-state index contributed by atoms with van der Waals surface area (Å²) in [5, 5.41) is 5.17. The third-order valence-corrected chi connectivity index (χ3v) is 3.79. The Bertz CT molecular complexity index is 658. The molecule has 27 heavy (non-hydrogen) atoms. The van der Waals surface area contributed by atoms with Gasteiger partial charge in [-0.15, -0.1) is 6.58 Å². The molecule has 1 rings (SSSR count). The van der Waals surface area contributed by atoms with Crippen molar-refractivity contribution in [2.24, 2.45) is 5.92 Å². The maximum atomic E-state index is 12.6. The van der Waals surface area contributed by atoms with Gasteiger partial charge in [-0.2, -0.15) is 0 Å². The van der Waals surface area contributed by atoms with E-state index in [4.69, 9.17) is 9.47 Å². The van der Waals surface area contributed by atoms with Crippen molar-refractivity contribution in [2.45, 2.75) is 45.9 Å². The van der Waals surface area contributed by atoms with Crippen molar-refractivity contribution in [3.05, 3.63) is 48.0 Å². The third kappa shape index (κ3) is 7.94. The Kier molecular flexibility index (Phi) is 9.05. The number of hydrogen-bond donors (Lipinski definition) is 2. The van der Waals surface area contributed by atoms with Gasteiger partial charge in [0.1, 0.15) is 18.7 Å². The quantitative estimate of drug-likeness (QED) is 0.510. The molecule has 2 atom stereocenters. The average Bonchev–Trinajstić information content (AvgIpc) is 2.63. The monoisotopic (exact) mass is 376 g/mol. The molecule has 0 spiro atoms. The highest BCUT2D eigenvalue weighted by atomic mass is 16.5. The van der Waals surface area contributed by atoms with E-state index in [9.17, 15) is 14.4 Å². The van der Waals surface area contributed by atoms with Gasteiger partial charge < -0.3 is 20.1 Å². The zero-order chi connectivity index (χ0) is 20.4. The van der Waals surface area contributed by atoms with Crippen LogP contribution in [0.15, 0.2) is 42.5 Å². The number of ether oxygens (including phenoxy) is 2. The van der Waals surface area contributed by atoms with Gasteiger partial charge in [-0.3, -0.25) is 4.79 Å². The van der Waals surface area contributed by atoms with Crippen LogP contribution in [0.2, 0.25) is 0 Å². The Morgan fingerprint density at radius 2 is 1.74 bits per heavy atom. The summed E-state index contributed by atoms with van der Waals surface area (Å²) in [6, 6.07) is 7.50. The van der Waals surface area contributed by atoms with Gasteiger partial charge in [0.05, 0.1) is 7.11 Å². The van der Waals surface area contributed by atoms with Crippen LogP contribution in [0, 0.1) is 5.92 Å². The van der Waals surface area contributed by atoms with Gasteiger partial charge in [0.2, 0.25) is 5.91 Å². The molecular weight excluding hydrogens is 348 g/mol. The second-order valence-electron chi connectivity index (χ2n) is 6.67. The number of carbonyl (C=O) groups is 3. The summed E-state index contributed by atoms with van der Waals surface area (Å²) in [5.41, 5.74) is 1.56. The first-order chi connectivity index (χ1) is 12.7. The Hall–Kier alpha value is -2.83. The summed E-state index contributed by atoms with van der Waals surface area (Å²) in [5.74, 6) is -1.27. The van der Waals surface area contributed by atoms with Crippen LogP contribution in [-0.4, -0.2) is 37.2 Å². The fraction of sp³-hybridized carbons (Fsp3) is 0.450. The lowest BCUT2D eigenvalue weighted by molar-refractivity contribution is -0.145. The largest absolute Gasteiger partial charge is 0.467 e. The highest BCUT2D eigenvalue weighted by Gasteiger charge is 2.29. The van der Waals surface area contributed by atoms with Gasteiger partial charge in [0.15, 0.2) is 0 Å². The smallest absolute Gasteiger partial charge is 0.408 e. The summed E-state index contributed by atoms with van der Waals surface area (Å²) in [6.07, 6.45) is -0.455. The maximum absolute atomic E-state index is 12.6. The number of rotatable bonds is 9. The predicted octanol–water partition coefficient (Wildman–Crippen LogP) is 2.56. The molecule has 7 heteroatoms. The Morgan fingerprint density at radius 1 is 1.11 bits per heavy atom. The Labute approximate surface area is 160 Å². The summed E-state index contributed by atoms with van der Waals surface area (Å²) >= 11 is 0. The number of hydrogen-bond acceptors (Lipinski definition) is 5. The van der Waals surface area contributed by atoms with E-state index in [1.54, 1.807) is 20.8 Å². The number of methoxy groups -OCH3 is 1. The van der Waals surface area contributed by atoms with Crippen molar-refractivity contribution in [1.29, 1.82) is 0 Å². The van der Waals surface area contributed by atoms with E-state index in [-0.39, 0.29) is 18.9 Å². The van der Waals surface area contributed by atoms with E-state index < -0.39 is 30.1 Å². The van der Waals surface area contributed by atoms with Crippen molar-refractivity contribution in [3.8, 4) is 0 Å². The van der Waals surface area contributed by atoms with Gasteiger partial charge in [0.25, 0.3) is 0 Å². The first-order valence-corrected chi connectivity index (χ1v) is 8.74. The Balaban J connectivity index is 2.69. The van der Waals surface area contributed by atoms with Crippen LogP contribution in [0.5, 0.6) is 0 Å². The van der Waals surface area contributed by atoms with Crippen LogP contribution < -0.4 is 10.6 Å². The van der Waals surface area contributed by atoms with E-state index in [1.807, 2.05) is 30.3 Å². The molecule has 0 unspecified atom stereocenters.